The van der Waals surface area contributed by atoms with Gasteiger partial charge in [-0.2, -0.15) is 5.10 Å². The van der Waals surface area contributed by atoms with E-state index >= 15 is 0 Å². The Morgan fingerprint density at radius 1 is 1.24 bits per heavy atom. The van der Waals surface area contributed by atoms with E-state index in [9.17, 15) is 4.79 Å². The van der Waals surface area contributed by atoms with Gasteiger partial charge in [0.15, 0.2) is 0 Å². The van der Waals surface area contributed by atoms with Gasteiger partial charge in [0, 0.05) is 6.42 Å². The highest BCUT2D eigenvalue weighted by atomic mass is 16.2. The molecule has 1 N–H and O–H groups in total. The van der Waals surface area contributed by atoms with Crippen LogP contribution in [0.3, 0.4) is 0 Å². The molecule has 3 nitrogen and oxygen atoms in total. The Bertz CT molecular complexity index is 346. The molecular weight excluding hydrogens is 212 g/mol. The number of unbranched alkanes of at least 4 members (excludes halogenated alkanes) is 3. The van der Waals surface area contributed by atoms with Crippen molar-refractivity contribution < 1.29 is 4.79 Å². The van der Waals surface area contributed by atoms with Crippen molar-refractivity contribution in [2.24, 2.45) is 5.10 Å². The summed E-state index contributed by atoms with van der Waals surface area (Å²) < 4.78 is 0. The summed E-state index contributed by atoms with van der Waals surface area (Å²) in [6.07, 6.45) is 6.66. The quantitative estimate of drug-likeness (QED) is 0.438. The Kier molecular flexibility index (Phi) is 6.72. The number of nitrogens with one attached hydrogen (secondary N) is 1. The predicted octanol–water partition coefficient (Wildman–Crippen LogP) is 3.11. The molecule has 0 aliphatic heterocycles. The molecule has 0 aromatic heterocycles. The summed E-state index contributed by atoms with van der Waals surface area (Å²) in [5.74, 6) is -0.00622. The van der Waals surface area contributed by atoms with Crippen LogP contribution in [0.5, 0.6) is 0 Å². The van der Waals surface area contributed by atoms with Gasteiger partial charge in [-0.15, -0.1) is 0 Å². The first-order chi connectivity index (χ1) is 8.33. The minimum atomic E-state index is -0.00622. The highest BCUT2D eigenvalue weighted by Gasteiger charge is 1.98. The van der Waals surface area contributed by atoms with E-state index in [2.05, 4.69) is 17.5 Å². The Hall–Kier alpha value is -1.64. The summed E-state index contributed by atoms with van der Waals surface area (Å²) in [5.41, 5.74) is 3.52. The van der Waals surface area contributed by atoms with Crippen molar-refractivity contribution >= 4 is 12.1 Å². The number of nitrogens with zero attached hydrogens (tertiary/aromatic N) is 1. The SMILES string of the molecule is CCCCCCC(=O)NN=Cc1ccccc1. The molecule has 0 saturated carbocycles. The summed E-state index contributed by atoms with van der Waals surface area (Å²) >= 11 is 0. The third-order valence-corrected chi connectivity index (χ3v) is 2.46. The minimum Gasteiger partial charge on any atom is -0.273 e. The third-order valence-electron chi connectivity index (χ3n) is 2.46. The van der Waals surface area contributed by atoms with Crippen molar-refractivity contribution in [1.82, 2.24) is 5.43 Å². The smallest absolute Gasteiger partial charge is 0.240 e. The molecule has 1 rings (SSSR count). The van der Waals surface area contributed by atoms with E-state index in [1.807, 2.05) is 30.3 Å². The molecule has 3 heteroatoms. The fourth-order valence-corrected chi connectivity index (χ4v) is 1.49. The molecule has 0 radical (unpaired) electrons. The minimum absolute atomic E-state index is 0.00622. The average Bonchev–Trinajstić information content (AvgIpc) is 2.36. The fourth-order valence-electron chi connectivity index (χ4n) is 1.49. The number of hydrogen-bond donors (Lipinski definition) is 1. The largest absolute Gasteiger partial charge is 0.273 e. The van der Waals surface area contributed by atoms with Gasteiger partial charge in [0.25, 0.3) is 0 Å². The molecule has 0 bridgehead atoms. The van der Waals surface area contributed by atoms with Gasteiger partial charge in [0.05, 0.1) is 6.21 Å². The van der Waals surface area contributed by atoms with E-state index in [1.165, 1.54) is 12.8 Å². The van der Waals surface area contributed by atoms with E-state index in [1.54, 1.807) is 6.21 Å². The molecule has 0 spiro atoms. The van der Waals surface area contributed by atoms with Crippen LogP contribution >= 0.6 is 0 Å². The number of carbonyl (C=O) groups excluding carboxylic acids is 1. The molecule has 0 heterocycles. The second-order valence-corrected chi connectivity index (χ2v) is 4.01. The lowest BCUT2D eigenvalue weighted by Crippen LogP contribution is -2.16. The molecular formula is C14H20N2O. The number of benzene rings is 1. The number of hydrazone groups is 1. The molecule has 1 amide bonds. The lowest BCUT2D eigenvalue weighted by molar-refractivity contribution is -0.121. The Labute approximate surface area is 103 Å². The first kappa shape index (κ1) is 13.4. The normalized spacial score (nSPS) is 10.6. The number of amides is 1. The number of carbonyl (C=O) groups is 1. The Morgan fingerprint density at radius 3 is 2.71 bits per heavy atom. The molecule has 0 fully saturated rings. The molecule has 1 aromatic carbocycles. The molecule has 92 valence electrons. The van der Waals surface area contributed by atoms with Crippen LogP contribution in [0.4, 0.5) is 0 Å². The van der Waals surface area contributed by atoms with Crippen LogP contribution in [0.25, 0.3) is 0 Å². The lowest BCUT2D eigenvalue weighted by Gasteiger charge is -1.99. The molecule has 0 aliphatic carbocycles. The second kappa shape index (κ2) is 8.50. The molecule has 0 atom stereocenters. The van der Waals surface area contributed by atoms with Gasteiger partial charge in [-0.1, -0.05) is 56.5 Å². The van der Waals surface area contributed by atoms with Crippen molar-refractivity contribution in [3.05, 3.63) is 35.9 Å². The maximum atomic E-state index is 11.4. The predicted molar refractivity (Wildman–Crippen MR) is 70.9 cm³/mol. The van der Waals surface area contributed by atoms with Gasteiger partial charge in [0.1, 0.15) is 0 Å². The van der Waals surface area contributed by atoms with Gasteiger partial charge in [-0.25, -0.2) is 5.43 Å². The molecule has 1 aromatic rings. The lowest BCUT2D eigenvalue weighted by atomic mass is 10.1. The van der Waals surface area contributed by atoms with E-state index in [0.29, 0.717) is 6.42 Å². The zero-order valence-electron chi connectivity index (χ0n) is 10.4. The van der Waals surface area contributed by atoms with Crippen LogP contribution < -0.4 is 5.43 Å². The first-order valence-corrected chi connectivity index (χ1v) is 6.20. The average molecular weight is 232 g/mol. The molecule has 0 unspecified atom stereocenters. The Balaban J connectivity index is 2.17. The molecule has 0 aliphatic rings. The third kappa shape index (κ3) is 6.51. The standard InChI is InChI=1S/C14H20N2O/c1-2-3-4-8-11-14(17)16-15-12-13-9-6-5-7-10-13/h5-7,9-10,12H,2-4,8,11H2,1H3,(H,16,17). The monoisotopic (exact) mass is 232 g/mol. The first-order valence-electron chi connectivity index (χ1n) is 6.20. The van der Waals surface area contributed by atoms with E-state index < -0.39 is 0 Å². The van der Waals surface area contributed by atoms with Gasteiger partial charge in [0.2, 0.25) is 5.91 Å². The molecule has 17 heavy (non-hydrogen) atoms. The highest BCUT2D eigenvalue weighted by Crippen LogP contribution is 2.01. The summed E-state index contributed by atoms with van der Waals surface area (Å²) in [4.78, 5) is 11.4. The fraction of sp³-hybridized carbons (Fsp3) is 0.429. The maximum Gasteiger partial charge on any atom is 0.240 e. The van der Waals surface area contributed by atoms with Crippen LogP contribution in [-0.4, -0.2) is 12.1 Å². The zero-order valence-corrected chi connectivity index (χ0v) is 10.4. The topological polar surface area (TPSA) is 41.5 Å². The number of rotatable bonds is 7. The van der Waals surface area contributed by atoms with E-state index in [-0.39, 0.29) is 5.91 Å². The van der Waals surface area contributed by atoms with Gasteiger partial charge >= 0.3 is 0 Å². The summed E-state index contributed by atoms with van der Waals surface area (Å²) in [6, 6.07) is 9.71. The van der Waals surface area contributed by atoms with Crippen LogP contribution in [0, 0.1) is 0 Å². The van der Waals surface area contributed by atoms with Crippen LogP contribution in [-0.2, 0) is 4.79 Å². The number of hydrogen-bond acceptors (Lipinski definition) is 2. The van der Waals surface area contributed by atoms with Crippen LogP contribution in [0.15, 0.2) is 35.4 Å². The van der Waals surface area contributed by atoms with E-state index in [0.717, 1.165) is 18.4 Å². The summed E-state index contributed by atoms with van der Waals surface area (Å²) in [7, 11) is 0. The van der Waals surface area contributed by atoms with Gasteiger partial charge in [-0.05, 0) is 12.0 Å². The Morgan fingerprint density at radius 2 is 2.00 bits per heavy atom. The van der Waals surface area contributed by atoms with Crippen molar-refractivity contribution in [2.75, 3.05) is 0 Å². The summed E-state index contributed by atoms with van der Waals surface area (Å²) in [5, 5.41) is 3.92. The summed E-state index contributed by atoms with van der Waals surface area (Å²) in [6.45, 7) is 2.16. The van der Waals surface area contributed by atoms with Crippen molar-refractivity contribution in [3.63, 3.8) is 0 Å². The maximum absolute atomic E-state index is 11.4. The van der Waals surface area contributed by atoms with Gasteiger partial charge in [-0.3, -0.25) is 4.79 Å². The van der Waals surface area contributed by atoms with Gasteiger partial charge < -0.3 is 0 Å². The van der Waals surface area contributed by atoms with E-state index in [4.69, 9.17) is 0 Å². The molecule has 0 saturated heterocycles. The highest BCUT2D eigenvalue weighted by molar-refractivity contribution is 5.82. The zero-order chi connectivity index (χ0) is 12.3. The van der Waals surface area contributed by atoms with Crippen molar-refractivity contribution in [2.45, 2.75) is 39.0 Å². The van der Waals surface area contributed by atoms with Crippen LogP contribution in [0.2, 0.25) is 0 Å². The second-order valence-electron chi connectivity index (χ2n) is 4.01. The van der Waals surface area contributed by atoms with Crippen LogP contribution in [0.1, 0.15) is 44.6 Å². The van der Waals surface area contributed by atoms with Crippen molar-refractivity contribution in [1.29, 1.82) is 0 Å². The van der Waals surface area contributed by atoms with Crippen molar-refractivity contribution in [3.8, 4) is 0 Å².